The molecule has 0 radical (unpaired) electrons. The molecule has 0 bridgehead atoms. The normalized spacial score (nSPS) is 20.1. The van der Waals surface area contributed by atoms with E-state index in [4.69, 9.17) is 17.2 Å². The summed E-state index contributed by atoms with van der Waals surface area (Å²) in [6.45, 7) is 10.1. The van der Waals surface area contributed by atoms with Crippen LogP contribution in [0.2, 0.25) is 0 Å². The molecule has 6 N–H and O–H groups in total. The number of nitrogens with zero attached hydrogens (tertiary/aromatic N) is 4. The van der Waals surface area contributed by atoms with Crippen molar-refractivity contribution in [2.45, 2.75) is 19.9 Å². The molecular formula is C17H35N7O3. The highest BCUT2D eigenvalue weighted by atomic mass is 16.2. The zero-order valence-electron chi connectivity index (χ0n) is 16.6. The van der Waals surface area contributed by atoms with Gasteiger partial charge in [0.25, 0.3) is 0 Å². The van der Waals surface area contributed by atoms with Crippen LogP contribution < -0.4 is 17.2 Å². The van der Waals surface area contributed by atoms with Gasteiger partial charge in [-0.2, -0.15) is 0 Å². The Bertz CT molecular complexity index is 469. The van der Waals surface area contributed by atoms with Crippen molar-refractivity contribution >= 4 is 17.7 Å². The van der Waals surface area contributed by atoms with E-state index in [1.165, 1.54) is 0 Å². The average molecular weight is 386 g/mol. The van der Waals surface area contributed by atoms with Gasteiger partial charge in [-0.25, -0.2) is 0 Å². The van der Waals surface area contributed by atoms with Gasteiger partial charge in [0.05, 0.1) is 19.6 Å². The number of rotatable bonds is 7. The second-order valence-electron chi connectivity index (χ2n) is 7.36. The van der Waals surface area contributed by atoms with Crippen molar-refractivity contribution in [3.8, 4) is 0 Å². The van der Waals surface area contributed by atoms with Gasteiger partial charge in [-0.3, -0.25) is 34.0 Å². The average Bonchev–Trinajstić information content (AvgIpc) is 2.53. The highest BCUT2D eigenvalue weighted by molar-refractivity contribution is 5.76. The van der Waals surface area contributed by atoms with Gasteiger partial charge in [0.1, 0.15) is 0 Å². The summed E-state index contributed by atoms with van der Waals surface area (Å²) in [5.41, 5.74) is 16.1. The summed E-state index contributed by atoms with van der Waals surface area (Å²) in [5, 5.41) is 0. The molecule has 1 saturated heterocycles. The van der Waals surface area contributed by atoms with Crippen LogP contribution in [-0.2, 0) is 14.4 Å². The Morgan fingerprint density at radius 2 is 0.889 bits per heavy atom. The summed E-state index contributed by atoms with van der Waals surface area (Å²) in [4.78, 5) is 42.4. The van der Waals surface area contributed by atoms with E-state index in [1.54, 1.807) is 0 Å². The fourth-order valence-electron chi connectivity index (χ4n) is 3.20. The predicted octanol–water partition coefficient (Wildman–Crippen LogP) is -2.93. The maximum atomic E-state index is 11.4. The summed E-state index contributed by atoms with van der Waals surface area (Å²) < 4.78 is 0. The molecular weight excluding hydrogens is 350 g/mol. The van der Waals surface area contributed by atoms with Crippen molar-refractivity contribution in [3.05, 3.63) is 0 Å². The number of primary amides is 3. The van der Waals surface area contributed by atoms with Crippen LogP contribution in [0.15, 0.2) is 0 Å². The lowest BCUT2D eigenvalue weighted by Gasteiger charge is -2.34. The zero-order chi connectivity index (χ0) is 20.4. The molecule has 3 amide bonds. The quantitative estimate of drug-likeness (QED) is 0.426. The van der Waals surface area contributed by atoms with Crippen molar-refractivity contribution in [1.29, 1.82) is 0 Å². The summed E-state index contributed by atoms with van der Waals surface area (Å²) in [5.74, 6) is -1.14. The molecule has 1 aliphatic rings. The maximum absolute atomic E-state index is 11.4. The van der Waals surface area contributed by atoms with Crippen LogP contribution in [-0.4, -0.2) is 115 Å². The van der Waals surface area contributed by atoms with E-state index < -0.39 is 5.91 Å². The first-order chi connectivity index (χ1) is 12.7. The van der Waals surface area contributed by atoms with Crippen molar-refractivity contribution in [1.82, 2.24) is 19.6 Å². The molecule has 156 valence electrons. The molecule has 0 aromatic carbocycles. The fraction of sp³-hybridized carbons (Fsp3) is 0.824. The maximum Gasteiger partial charge on any atom is 0.231 e. The van der Waals surface area contributed by atoms with Gasteiger partial charge in [0.15, 0.2) is 0 Å². The lowest BCUT2D eigenvalue weighted by Crippen LogP contribution is -2.50. The molecule has 0 aliphatic carbocycles. The first-order valence-corrected chi connectivity index (χ1v) is 9.43. The number of hydrogen-bond acceptors (Lipinski definition) is 7. The molecule has 1 aliphatic heterocycles. The number of carbonyl (C=O) groups is 3. The van der Waals surface area contributed by atoms with Crippen LogP contribution in [0.5, 0.6) is 0 Å². The Balaban J connectivity index is 2.88. The minimum Gasteiger partial charge on any atom is -0.369 e. The van der Waals surface area contributed by atoms with E-state index in [-0.39, 0.29) is 31.4 Å². The van der Waals surface area contributed by atoms with E-state index in [1.807, 2.05) is 14.7 Å². The summed E-state index contributed by atoms with van der Waals surface area (Å²) in [6.07, 6.45) is 0. The van der Waals surface area contributed by atoms with E-state index in [2.05, 4.69) is 18.7 Å². The molecule has 27 heavy (non-hydrogen) atoms. The molecule has 10 nitrogen and oxygen atoms in total. The summed E-state index contributed by atoms with van der Waals surface area (Å²) >= 11 is 0. The van der Waals surface area contributed by atoms with Gasteiger partial charge in [-0.05, 0) is 13.8 Å². The number of amides is 3. The Morgan fingerprint density at radius 3 is 1.11 bits per heavy atom. The Kier molecular flexibility index (Phi) is 10.2. The Labute approximate surface area is 161 Å². The van der Waals surface area contributed by atoms with E-state index in [9.17, 15) is 14.4 Å². The van der Waals surface area contributed by atoms with Gasteiger partial charge >= 0.3 is 0 Å². The lowest BCUT2D eigenvalue weighted by atomic mass is 10.2. The SMILES string of the molecule is CC(C)N1CCN(CC(N)=O)CCN(CC(N)=O)CCN(CC(N)=O)CC1. The van der Waals surface area contributed by atoms with Crippen molar-refractivity contribution in [2.75, 3.05) is 72.0 Å². The zero-order valence-corrected chi connectivity index (χ0v) is 16.6. The molecule has 1 fully saturated rings. The minimum atomic E-state index is -0.407. The molecule has 10 heteroatoms. The highest BCUT2D eigenvalue weighted by Gasteiger charge is 2.19. The second kappa shape index (κ2) is 11.9. The topological polar surface area (TPSA) is 142 Å². The lowest BCUT2D eigenvalue weighted by molar-refractivity contribution is -0.121. The van der Waals surface area contributed by atoms with Crippen molar-refractivity contribution < 1.29 is 14.4 Å². The van der Waals surface area contributed by atoms with E-state index >= 15 is 0 Å². The predicted molar refractivity (Wildman–Crippen MR) is 104 cm³/mol. The van der Waals surface area contributed by atoms with Crippen LogP contribution in [0.4, 0.5) is 0 Å². The molecule has 0 atom stereocenters. The smallest absolute Gasteiger partial charge is 0.231 e. The molecule has 0 aromatic heterocycles. The largest absolute Gasteiger partial charge is 0.369 e. The first-order valence-electron chi connectivity index (χ1n) is 9.43. The molecule has 1 heterocycles. The van der Waals surface area contributed by atoms with Gasteiger partial charge < -0.3 is 17.2 Å². The highest BCUT2D eigenvalue weighted by Crippen LogP contribution is 2.03. The molecule has 1 rings (SSSR count). The van der Waals surface area contributed by atoms with Crippen LogP contribution >= 0.6 is 0 Å². The van der Waals surface area contributed by atoms with E-state index in [0.29, 0.717) is 45.3 Å². The van der Waals surface area contributed by atoms with Crippen molar-refractivity contribution in [2.24, 2.45) is 17.2 Å². The molecule has 0 unspecified atom stereocenters. The third-order valence-electron chi connectivity index (χ3n) is 4.74. The molecule has 0 saturated carbocycles. The standard InChI is InChI=1S/C17H35N7O3/c1-14(2)24-9-7-22(12-16(19)26)5-3-21(11-15(18)25)4-6-23(8-10-24)13-17(20)27/h14H,3-13H2,1-2H3,(H2,18,25)(H2,19,26)(H2,20,27). The Morgan fingerprint density at radius 1 is 0.630 bits per heavy atom. The third-order valence-corrected chi connectivity index (χ3v) is 4.74. The second-order valence-corrected chi connectivity index (χ2v) is 7.36. The Hall–Kier alpha value is -1.75. The minimum absolute atomic E-state index is 0.132. The van der Waals surface area contributed by atoms with Gasteiger partial charge in [-0.1, -0.05) is 0 Å². The number of nitrogens with two attached hydrogens (primary N) is 3. The van der Waals surface area contributed by atoms with Crippen LogP contribution in [0.25, 0.3) is 0 Å². The van der Waals surface area contributed by atoms with Gasteiger partial charge in [0, 0.05) is 58.4 Å². The van der Waals surface area contributed by atoms with Crippen LogP contribution in [0, 0.1) is 0 Å². The number of carbonyl (C=O) groups excluding carboxylic acids is 3. The van der Waals surface area contributed by atoms with Crippen molar-refractivity contribution in [3.63, 3.8) is 0 Å². The number of hydrogen-bond donors (Lipinski definition) is 3. The molecule has 0 aromatic rings. The van der Waals surface area contributed by atoms with Crippen LogP contribution in [0.3, 0.4) is 0 Å². The van der Waals surface area contributed by atoms with Crippen LogP contribution in [0.1, 0.15) is 13.8 Å². The third kappa shape index (κ3) is 10.2. The molecule has 0 spiro atoms. The fourth-order valence-corrected chi connectivity index (χ4v) is 3.20. The summed E-state index contributed by atoms with van der Waals surface area (Å²) in [6, 6.07) is 0.338. The van der Waals surface area contributed by atoms with Gasteiger partial charge in [0.2, 0.25) is 17.7 Å². The first kappa shape index (κ1) is 23.3. The summed E-state index contributed by atoms with van der Waals surface area (Å²) in [7, 11) is 0. The van der Waals surface area contributed by atoms with E-state index in [0.717, 1.165) is 13.1 Å². The van der Waals surface area contributed by atoms with Gasteiger partial charge in [-0.15, -0.1) is 0 Å². The monoisotopic (exact) mass is 385 g/mol.